The molecule has 5 heteroatoms. The Hall–Kier alpha value is -1.71. The Morgan fingerprint density at radius 3 is 2.33 bits per heavy atom. The van der Waals surface area contributed by atoms with Gasteiger partial charge >= 0.3 is 5.97 Å². The van der Waals surface area contributed by atoms with Crippen LogP contribution in [0.4, 0.5) is 5.69 Å². The first-order valence-electron chi connectivity index (χ1n) is 6.43. The number of hydrogen-bond donors (Lipinski definition) is 1. The van der Waals surface area contributed by atoms with Crippen LogP contribution in [-0.4, -0.2) is 17.6 Å². The molecular formula is C16H15Cl2NO2. The second kappa shape index (κ2) is 6.83. The maximum atomic E-state index is 11.1. The number of nitrogens with zero attached hydrogens (tertiary/aromatic N) is 1. The zero-order chi connectivity index (χ0) is 15.4. The first-order chi connectivity index (χ1) is 9.95. The molecule has 0 aliphatic rings. The molecule has 0 saturated heterocycles. The van der Waals surface area contributed by atoms with E-state index in [4.69, 9.17) is 28.3 Å². The van der Waals surface area contributed by atoms with E-state index in [9.17, 15) is 4.79 Å². The molecule has 1 N–H and O–H groups in total. The summed E-state index contributed by atoms with van der Waals surface area (Å²) in [5.74, 6) is -0.879. The molecule has 0 aromatic heterocycles. The van der Waals surface area contributed by atoms with Crippen molar-refractivity contribution in [3.63, 3.8) is 0 Å². The van der Waals surface area contributed by atoms with Crippen molar-refractivity contribution >= 4 is 34.9 Å². The van der Waals surface area contributed by atoms with Gasteiger partial charge in [0.25, 0.3) is 0 Å². The number of aliphatic carboxylic acids is 1. The molecule has 0 aliphatic carbocycles. The first kappa shape index (κ1) is 15.7. The Morgan fingerprint density at radius 1 is 1.10 bits per heavy atom. The quantitative estimate of drug-likeness (QED) is 0.886. The number of benzene rings is 2. The molecular weight excluding hydrogens is 309 g/mol. The molecule has 0 amide bonds. The monoisotopic (exact) mass is 323 g/mol. The highest BCUT2D eigenvalue weighted by atomic mass is 35.5. The van der Waals surface area contributed by atoms with Crippen LogP contribution in [-0.2, 0) is 11.3 Å². The van der Waals surface area contributed by atoms with Crippen LogP contribution in [0.15, 0.2) is 42.5 Å². The van der Waals surface area contributed by atoms with Gasteiger partial charge < -0.3 is 10.0 Å². The van der Waals surface area contributed by atoms with Crippen LogP contribution < -0.4 is 4.90 Å². The number of anilines is 1. The summed E-state index contributed by atoms with van der Waals surface area (Å²) in [5.41, 5.74) is 2.89. The topological polar surface area (TPSA) is 40.5 Å². The van der Waals surface area contributed by atoms with Crippen molar-refractivity contribution in [3.05, 3.63) is 63.6 Å². The Bertz CT molecular complexity index is 641. The molecule has 0 spiro atoms. The van der Waals surface area contributed by atoms with Crippen LogP contribution in [0.2, 0.25) is 10.0 Å². The van der Waals surface area contributed by atoms with Crippen LogP contribution in [0, 0.1) is 6.92 Å². The van der Waals surface area contributed by atoms with Gasteiger partial charge in [0, 0.05) is 12.2 Å². The van der Waals surface area contributed by atoms with E-state index in [1.54, 1.807) is 17.0 Å². The van der Waals surface area contributed by atoms with E-state index in [0.29, 0.717) is 16.6 Å². The first-order valence-corrected chi connectivity index (χ1v) is 7.18. The minimum Gasteiger partial charge on any atom is -0.480 e. The second-order valence-corrected chi connectivity index (χ2v) is 5.65. The smallest absolute Gasteiger partial charge is 0.323 e. The van der Waals surface area contributed by atoms with E-state index in [2.05, 4.69) is 0 Å². The lowest BCUT2D eigenvalue weighted by Crippen LogP contribution is -2.29. The average Bonchev–Trinajstić information content (AvgIpc) is 2.42. The highest BCUT2D eigenvalue weighted by Crippen LogP contribution is 2.24. The Balaban J connectivity index is 2.25. The number of aryl methyl sites for hydroxylation is 1. The molecule has 0 unspecified atom stereocenters. The Kier molecular flexibility index (Phi) is 5.10. The largest absolute Gasteiger partial charge is 0.480 e. The van der Waals surface area contributed by atoms with Crippen molar-refractivity contribution in [2.75, 3.05) is 11.4 Å². The van der Waals surface area contributed by atoms with E-state index < -0.39 is 5.97 Å². The van der Waals surface area contributed by atoms with E-state index >= 15 is 0 Å². The van der Waals surface area contributed by atoms with Gasteiger partial charge in [0.15, 0.2) is 0 Å². The number of rotatable bonds is 5. The van der Waals surface area contributed by atoms with Crippen LogP contribution in [0.25, 0.3) is 0 Å². The van der Waals surface area contributed by atoms with Gasteiger partial charge in [0.1, 0.15) is 6.54 Å². The van der Waals surface area contributed by atoms with E-state index in [0.717, 1.165) is 16.8 Å². The summed E-state index contributed by atoms with van der Waals surface area (Å²) in [5, 5.41) is 10.0. The Labute approximate surface area is 133 Å². The van der Waals surface area contributed by atoms with E-state index in [1.807, 2.05) is 37.3 Å². The molecule has 0 aliphatic heterocycles. The fourth-order valence-electron chi connectivity index (χ4n) is 2.02. The van der Waals surface area contributed by atoms with Gasteiger partial charge in [-0.15, -0.1) is 0 Å². The molecule has 2 aromatic carbocycles. The normalized spacial score (nSPS) is 10.4. The predicted molar refractivity (Wildman–Crippen MR) is 86.3 cm³/mol. The number of halogens is 2. The van der Waals surface area contributed by atoms with Crippen molar-refractivity contribution < 1.29 is 9.90 Å². The zero-order valence-electron chi connectivity index (χ0n) is 11.5. The summed E-state index contributed by atoms with van der Waals surface area (Å²) in [6, 6.07) is 13.1. The fourth-order valence-corrected chi connectivity index (χ4v) is 2.34. The standard InChI is InChI=1S/C16H15Cl2NO2/c1-11-2-5-13(6-3-11)19(10-16(20)21)9-12-4-7-14(17)15(18)8-12/h2-8H,9-10H2,1H3,(H,20,21). The third kappa shape index (κ3) is 4.38. The third-order valence-electron chi connectivity index (χ3n) is 3.08. The molecule has 0 saturated carbocycles. The van der Waals surface area contributed by atoms with Crippen LogP contribution >= 0.6 is 23.2 Å². The molecule has 0 radical (unpaired) electrons. The lowest BCUT2D eigenvalue weighted by molar-refractivity contribution is -0.135. The van der Waals surface area contributed by atoms with Gasteiger partial charge in [-0.05, 0) is 36.8 Å². The summed E-state index contributed by atoms with van der Waals surface area (Å²) in [4.78, 5) is 12.9. The van der Waals surface area contributed by atoms with Crippen molar-refractivity contribution in [1.82, 2.24) is 0 Å². The van der Waals surface area contributed by atoms with Crippen LogP contribution in [0.5, 0.6) is 0 Å². The minimum absolute atomic E-state index is 0.0801. The minimum atomic E-state index is -0.879. The molecule has 21 heavy (non-hydrogen) atoms. The van der Waals surface area contributed by atoms with E-state index in [-0.39, 0.29) is 6.54 Å². The van der Waals surface area contributed by atoms with Gasteiger partial charge in [-0.25, -0.2) is 0 Å². The average molecular weight is 324 g/mol. The van der Waals surface area contributed by atoms with Crippen LogP contribution in [0.3, 0.4) is 0 Å². The maximum absolute atomic E-state index is 11.1. The second-order valence-electron chi connectivity index (χ2n) is 4.83. The van der Waals surface area contributed by atoms with Crippen molar-refractivity contribution in [2.24, 2.45) is 0 Å². The lowest BCUT2D eigenvalue weighted by atomic mass is 10.1. The van der Waals surface area contributed by atoms with Crippen molar-refractivity contribution in [2.45, 2.75) is 13.5 Å². The maximum Gasteiger partial charge on any atom is 0.323 e. The number of hydrogen-bond acceptors (Lipinski definition) is 2. The lowest BCUT2D eigenvalue weighted by Gasteiger charge is -2.23. The highest BCUT2D eigenvalue weighted by Gasteiger charge is 2.12. The predicted octanol–water partition coefficient (Wildman–Crippen LogP) is 4.39. The van der Waals surface area contributed by atoms with Gasteiger partial charge in [0.05, 0.1) is 10.0 Å². The molecule has 0 fully saturated rings. The molecule has 110 valence electrons. The Morgan fingerprint density at radius 2 is 1.76 bits per heavy atom. The van der Waals surface area contributed by atoms with Crippen molar-refractivity contribution in [1.29, 1.82) is 0 Å². The zero-order valence-corrected chi connectivity index (χ0v) is 13.0. The summed E-state index contributed by atoms with van der Waals surface area (Å²) < 4.78 is 0. The summed E-state index contributed by atoms with van der Waals surface area (Å²) in [6.07, 6.45) is 0. The SMILES string of the molecule is Cc1ccc(N(CC(=O)O)Cc2ccc(Cl)c(Cl)c2)cc1. The summed E-state index contributed by atoms with van der Waals surface area (Å²) in [6.45, 7) is 2.36. The summed E-state index contributed by atoms with van der Waals surface area (Å²) >= 11 is 11.9. The number of carboxylic acids is 1. The number of carboxylic acid groups (broad SMARTS) is 1. The molecule has 2 rings (SSSR count). The van der Waals surface area contributed by atoms with Crippen LogP contribution in [0.1, 0.15) is 11.1 Å². The number of carbonyl (C=O) groups is 1. The van der Waals surface area contributed by atoms with Gasteiger partial charge in [0.2, 0.25) is 0 Å². The molecule has 3 nitrogen and oxygen atoms in total. The van der Waals surface area contributed by atoms with Crippen molar-refractivity contribution in [3.8, 4) is 0 Å². The molecule has 2 aromatic rings. The third-order valence-corrected chi connectivity index (χ3v) is 3.82. The van der Waals surface area contributed by atoms with E-state index in [1.165, 1.54) is 0 Å². The molecule has 0 heterocycles. The van der Waals surface area contributed by atoms with Gasteiger partial charge in [-0.2, -0.15) is 0 Å². The van der Waals surface area contributed by atoms with Gasteiger partial charge in [-0.3, -0.25) is 4.79 Å². The highest BCUT2D eigenvalue weighted by molar-refractivity contribution is 6.42. The molecule has 0 atom stereocenters. The summed E-state index contributed by atoms with van der Waals surface area (Å²) in [7, 11) is 0. The van der Waals surface area contributed by atoms with Gasteiger partial charge in [-0.1, -0.05) is 47.0 Å². The molecule has 0 bridgehead atoms. The fraction of sp³-hybridized carbons (Fsp3) is 0.188.